The van der Waals surface area contributed by atoms with Gasteiger partial charge in [-0.25, -0.2) is 13.2 Å². The monoisotopic (exact) mass is 295 g/mol. The maximum atomic E-state index is 13.7. The normalized spacial score (nSPS) is 13.8. The Morgan fingerprint density at radius 3 is 2.24 bits per heavy atom. The molecule has 2 aromatic rings. The molecule has 0 saturated carbocycles. The number of hydrogen-bond acceptors (Lipinski definition) is 2. The van der Waals surface area contributed by atoms with E-state index in [1.54, 1.807) is 0 Å². The van der Waals surface area contributed by atoms with E-state index >= 15 is 0 Å². The zero-order valence-corrected chi connectivity index (χ0v) is 11.5. The molecule has 0 aliphatic rings. The van der Waals surface area contributed by atoms with Crippen LogP contribution in [0, 0.1) is 17.5 Å². The predicted octanol–water partition coefficient (Wildman–Crippen LogP) is 3.96. The SMILES string of the molecule is CCC(N)C(Oc1cc(F)ccc1F)c1ccc(F)cc1. The maximum absolute atomic E-state index is 13.7. The van der Waals surface area contributed by atoms with Crippen molar-refractivity contribution in [1.29, 1.82) is 0 Å². The third kappa shape index (κ3) is 3.76. The van der Waals surface area contributed by atoms with Crippen molar-refractivity contribution in [3.05, 3.63) is 65.5 Å². The van der Waals surface area contributed by atoms with Gasteiger partial charge in [0.2, 0.25) is 0 Å². The van der Waals surface area contributed by atoms with Crippen molar-refractivity contribution < 1.29 is 17.9 Å². The Balaban J connectivity index is 2.32. The van der Waals surface area contributed by atoms with Gasteiger partial charge < -0.3 is 10.5 Å². The van der Waals surface area contributed by atoms with Crippen molar-refractivity contribution in [2.75, 3.05) is 0 Å². The molecule has 0 aliphatic carbocycles. The van der Waals surface area contributed by atoms with Gasteiger partial charge in [0.15, 0.2) is 11.6 Å². The van der Waals surface area contributed by atoms with Crippen molar-refractivity contribution in [3.8, 4) is 5.75 Å². The number of nitrogens with two attached hydrogens (primary N) is 1. The van der Waals surface area contributed by atoms with Crippen LogP contribution in [0.25, 0.3) is 0 Å². The van der Waals surface area contributed by atoms with Crippen LogP contribution in [0.15, 0.2) is 42.5 Å². The molecule has 0 saturated heterocycles. The summed E-state index contributed by atoms with van der Waals surface area (Å²) >= 11 is 0. The molecule has 21 heavy (non-hydrogen) atoms. The van der Waals surface area contributed by atoms with Gasteiger partial charge in [-0.2, -0.15) is 0 Å². The van der Waals surface area contributed by atoms with E-state index in [1.165, 1.54) is 24.3 Å². The van der Waals surface area contributed by atoms with Crippen molar-refractivity contribution in [2.45, 2.75) is 25.5 Å². The van der Waals surface area contributed by atoms with Crippen LogP contribution in [-0.4, -0.2) is 6.04 Å². The molecular formula is C16H16F3NO. The van der Waals surface area contributed by atoms with E-state index in [4.69, 9.17) is 10.5 Å². The van der Waals surface area contributed by atoms with Crippen LogP contribution < -0.4 is 10.5 Å². The van der Waals surface area contributed by atoms with Crippen LogP contribution in [0.1, 0.15) is 25.0 Å². The summed E-state index contributed by atoms with van der Waals surface area (Å²) in [7, 11) is 0. The van der Waals surface area contributed by atoms with E-state index in [0.717, 1.165) is 18.2 Å². The molecule has 2 atom stereocenters. The first-order chi connectivity index (χ1) is 10.0. The molecule has 0 radical (unpaired) electrons. The van der Waals surface area contributed by atoms with Gasteiger partial charge >= 0.3 is 0 Å². The summed E-state index contributed by atoms with van der Waals surface area (Å²) in [5, 5.41) is 0. The van der Waals surface area contributed by atoms with Crippen LogP contribution >= 0.6 is 0 Å². The zero-order chi connectivity index (χ0) is 15.4. The average Bonchev–Trinajstić information content (AvgIpc) is 2.48. The highest BCUT2D eigenvalue weighted by atomic mass is 19.1. The number of ether oxygens (including phenoxy) is 1. The lowest BCUT2D eigenvalue weighted by atomic mass is 10.0. The minimum absolute atomic E-state index is 0.215. The van der Waals surface area contributed by atoms with E-state index in [1.807, 2.05) is 6.92 Å². The van der Waals surface area contributed by atoms with E-state index in [9.17, 15) is 13.2 Å². The highest BCUT2D eigenvalue weighted by Gasteiger charge is 2.22. The Morgan fingerprint density at radius 2 is 1.62 bits per heavy atom. The summed E-state index contributed by atoms with van der Waals surface area (Å²) in [6.45, 7) is 1.85. The standard InChI is InChI=1S/C16H16F3NO/c1-2-14(20)16(10-3-5-11(17)6-4-10)21-15-9-12(18)7-8-13(15)19/h3-9,14,16H,2,20H2,1H3. The maximum Gasteiger partial charge on any atom is 0.165 e. The molecular weight excluding hydrogens is 279 g/mol. The first-order valence-electron chi connectivity index (χ1n) is 6.64. The van der Waals surface area contributed by atoms with E-state index in [-0.39, 0.29) is 11.6 Å². The van der Waals surface area contributed by atoms with Gasteiger partial charge in [-0.1, -0.05) is 19.1 Å². The van der Waals surface area contributed by atoms with Gasteiger partial charge in [-0.15, -0.1) is 0 Å². The van der Waals surface area contributed by atoms with Crippen molar-refractivity contribution in [3.63, 3.8) is 0 Å². The molecule has 0 amide bonds. The minimum atomic E-state index is -0.688. The second-order valence-electron chi connectivity index (χ2n) is 4.74. The molecule has 112 valence electrons. The van der Waals surface area contributed by atoms with Gasteiger partial charge in [-0.3, -0.25) is 0 Å². The molecule has 0 fully saturated rings. The quantitative estimate of drug-likeness (QED) is 0.906. The summed E-state index contributed by atoms with van der Waals surface area (Å²) in [4.78, 5) is 0. The third-order valence-electron chi connectivity index (χ3n) is 3.21. The van der Waals surface area contributed by atoms with Gasteiger partial charge in [0.05, 0.1) is 0 Å². The van der Waals surface area contributed by atoms with E-state index < -0.39 is 23.8 Å². The molecule has 0 aliphatic heterocycles. The molecule has 0 aromatic heterocycles. The first-order valence-corrected chi connectivity index (χ1v) is 6.64. The second-order valence-corrected chi connectivity index (χ2v) is 4.74. The largest absolute Gasteiger partial charge is 0.481 e. The Hall–Kier alpha value is -2.01. The van der Waals surface area contributed by atoms with Crippen molar-refractivity contribution in [2.24, 2.45) is 5.73 Å². The Labute approximate surface area is 121 Å². The third-order valence-corrected chi connectivity index (χ3v) is 3.21. The summed E-state index contributed by atoms with van der Waals surface area (Å²) < 4.78 is 45.4. The van der Waals surface area contributed by atoms with Crippen molar-refractivity contribution in [1.82, 2.24) is 0 Å². The lowest BCUT2D eigenvalue weighted by molar-refractivity contribution is 0.163. The summed E-state index contributed by atoms with van der Waals surface area (Å²) in [5.74, 6) is -1.88. The van der Waals surface area contributed by atoms with E-state index in [0.29, 0.717) is 12.0 Å². The number of hydrogen-bond donors (Lipinski definition) is 1. The fourth-order valence-corrected chi connectivity index (χ4v) is 1.97. The molecule has 0 bridgehead atoms. The first kappa shape index (κ1) is 15.4. The fraction of sp³-hybridized carbons (Fsp3) is 0.250. The highest BCUT2D eigenvalue weighted by Crippen LogP contribution is 2.28. The minimum Gasteiger partial charge on any atom is -0.481 e. The number of benzene rings is 2. The van der Waals surface area contributed by atoms with Gasteiger partial charge in [0.1, 0.15) is 17.7 Å². The fourth-order valence-electron chi connectivity index (χ4n) is 1.97. The van der Waals surface area contributed by atoms with Crippen LogP contribution in [0.2, 0.25) is 0 Å². The molecule has 2 aromatic carbocycles. The Bertz CT molecular complexity index is 601. The van der Waals surface area contributed by atoms with Gasteiger partial charge in [0, 0.05) is 12.1 Å². The lowest BCUT2D eigenvalue weighted by Crippen LogP contribution is -2.31. The zero-order valence-electron chi connectivity index (χ0n) is 11.5. The smallest absolute Gasteiger partial charge is 0.165 e. The topological polar surface area (TPSA) is 35.2 Å². The van der Waals surface area contributed by atoms with Crippen LogP contribution in [0.3, 0.4) is 0 Å². The molecule has 0 heterocycles. The molecule has 2 N–H and O–H groups in total. The summed E-state index contributed by atoms with van der Waals surface area (Å²) in [5.41, 5.74) is 6.59. The summed E-state index contributed by atoms with van der Waals surface area (Å²) in [6.07, 6.45) is -0.120. The Morgan fingerprint density at radius 1 is 1.00 bits per heavy atom. The van der Waals surface area contributed by atoms with Crippen LogP contribution in [0.4, 0.5) is 13.2 Å². The molecule has 5 heteroatoms. The van der Waals surface area contributed by atoms with E-state index in [2.05, 4.69) is 0 Å². The van der Waals surface area contributed by atoms with Crippen LogP contribution in [-0.2, 0) is 0 Å². The average molecular weight is 295 g/mol. The van der Waals surface area contributed by atoms with Crippen LogP contribution in [0.5, 0.6) is 5.75 Å². The predicted molar refractivity (Wildman–Crippen MR) is 74.4 cm³/mol. The molecule has 0 spiro atoms. The lowest BCUT2D eigenvalue weighted by Gasteiger charge is -2.25. The molecule has 2 rings (SSSR count). The molecule has 2 nitrogen and oxygen atoms in total. The van der Waals surface area contributed by atoms with Crippen molar-refractivity contribution >= 4 is 0 Å². The Kier molecular flexibility index (Phi) is 4.85. The number of halogens is 3. The second kappa shape index (κ2) is 6.63. The number of rotatable bonds is 5. The van der Waals surface area contributed by atoms with Gasteiger partial charge in [0.25, 0.3) is 0 Å². The summed E-state index contributed by atoms with van der Waals surface area (Å²) in [6, 6.07) is 8.12. The highest BCUT2D eigenvalue weighted by molar-refractivity contribution is 5.28. The van der Waals surface area contributed by atoms with Gasteiger partial charge in [-0.05, 0) is 36.2 Å². The molecule has 2 unspecified atom stereocenters.